The number of aromatic nitrogens is 2. The number of azo groups is 1. The highest BCUT2D eigenvalue weighted by molar-refractivity contribution is 5.78. The smallest absolute Gasteiger partial charge is 0.187 e. The molecular weight excluding hydrogens is 336 g/mol. The summed E-state index contributed by atoms with van der Waals surface area (Å²) in [5.74, 6) is 1.44. The molecule has 0 aliphatic heterocycles. The molecule has 2 aromatic heterocycles. The SMILES string of the molecule is CCc1ccccc1N=Nc1c(-c2ccccc2OC)nc2ccccn12. The Morgan fingerprint density at radius 3 is 2.56 bits per heavy atom. The lowest BCUT2D eigenvalue weighted by atomic mass is 10.1. The van der Waals surface area contributed by atoms with Gasteiger partial charge in [0.25, 0.3) is 0 Å². The van der Waals surface area contributed by atoms with Crippen LogP contribution in [0.1, 0.15) is 12.5 Å². The van der Waals surface area contributed by atoms with Gasteiger partial charge in [0.1, 0.15) is 17.1 Å². The van der Waals surface area contributed by atoms with Gasteiger partial charge in [-0.1, -0.05) is 43.3 Å². The van der Waals surface area contributed by atoms with Crippen molar-refractivity contribution in [3.05, 3.63) is 78.5 Å². The Hall–Kier alpha value is -3.47. The molecule has 0 radical (unpaired) electrons. The van der Waals surface area contributed by atoms with Gasteiger partial charge in [0.05, 0.1) is 12.8 Å². The molecule has 134 valence electrons. The Labute approximate surface area is 158 Å². The van der Waals surface area contributed by atoms with Gasteiger partial charge in [0.2, 0.25) is 0 Å². The molecule has 0 aliphatic carbocycles. The van der Waals surface area contributed by atoms with Crippen molar-refractivity contribution in [2.75, 3.05) is 7.11 Å². The Kier molecular flexibility index (Phi) is 4.66. The van der Waals surface area contributed by atoms with E-state index in [0.717, 1.165) is 40.3 Å². The van der Waals surface area contributed by atoms with Crippen LogP contribution in [0.5, 0.6) is 5.75 Å². The number of hydrogen-bond acceptors (Lipinski definition) is 4. The molecule has 27 heavy (non-hydrogen) atoms. The molecule has 4 rings (SSSR count). The van der Waals surface area contributed by atoms with E-state index in [1.165, 1.54) is 0 Å². The number of rotatable bonds is 5. The molecule has 5 heteroatoms. The highest BCUT2D eigenvalue weighted by Gasteiger charge is 2.17. The van der Waals surface area contributed by atoms with Crippen molar-refractivity contribution in [2.45, 2.75) is 13.3 Å². The van der Waals surface area contributed by atoms with Crippen molar-refractivity contribution < 1.29 is 4.74 Å². The molecule has 0 aliphatic rings. The molecule has 0 unspecified atom stereocenters. The molecular formula is C22H20N4O. The number of imidazole rings is 1. The summed E-state index contributed by atoms with van der Waals surface area (Å²) >= 11 is 0. The minimum absolute atomic E-state index is 0.681. The van der Waals surface area contributed by atoms with Crippen molar-refractivity contribution >= 4 is 17.2 Å². The quantitative estimate of drug-likeness (QED) is 0.413. The monoisotopic (exact) mass is 356 g/mol. The topological polar surface area (TPSA) is 51.2 Å². The fraction of sp³-hybridized carbons (Fsp3) is 0.136. The summed E-state index contributed by atoms with van der Waals surface area (Å²) in [6.07, 6.45) is 2.85. The zero-order valence-electron chi connectivity index (χ0n) is 15.3. The average molecular weight is 356 g/mol. The van der Waals surface area contributed by atoms with Crippen LogP contribution in [0.3, 0.4) is 0 Å². The summed E-state index contributed by atoms with van der Waals surface area (Å²) in [4.78, 5) is 4.78. The number of pyridine rings is 1. The van der Waals surface area contributed by atoms with Gasteiger partial charge in [-0.25, -0.2) is 4.98 Å². The van der Waals surface area contributed by atoms with E-state index in [4.69, 9.17) is 9.72 Å². The second-order valence-corrected chi connectivity index (χ2v) is 6.10. The van der Waals surface area contributed by atoms with Crippen LogP contribution in [-0.4, -0.2) is 16.5 Å². The molecule has 0 amide bonds. The maximum Gasteiger partial charge on any atom is 0.187 e. The predicted octanol–water partition coefficient (Wildman–Crippen LogP) is 5.99. The summed E-state index contributed by atoms with van der Waals surface area (Å²) in [5.41, 5.74) is 4.49. The summed E-state index contributed by atoms with van der Waals surface area (Å²) in [5, 5.41) is 9.13. The van der Waals surface area contributed by atoms with Gasteiger partial charge in [-0.15, -0.1) is 10.2 Å². The summed E-state index contributed by atoms with van der Waals surface area (Å²) in [7, 11) is 1.66. The van der Waals surface area contributed by atoms with Crippen LogP contribution < -0.4 is 4.74 Å². The van der Waals surface area contributed by atoms with Gasteiger partial charge in [-0.2, -0.15) is 0 Å². The second kappa shape index (κ2) is 7.41. The molecule has 5 nitrogen and oxygen atoms in total. The fourth-order valence-corrected chi connectivity index (χ4v) is 3.11. The van der Waals surface area contributed by atoms with Crippen LogP contribution in [0.4, 0.5) is 11.5 Å². The molecule has 0 N–H and O–H groups in total. The first-order valence-electron chi connectivity index (χ1n) is 8.92. The number of benzene rings is 2. The first-order chi connectivity index (χ1) is 13.3. The third kappa shape index (κ3) is 3.19. The maximum atomic E-state index is 5.53. The van der Waals surface area contributed by atoms with Crippen LogP contribution in [-0.2, 0) is 6.42 Å². The highest BCUT2D eigenvalue weighted by Crippen LogP contribution is 2.37. The highest BCUT2D eigenvalue weighted by atomic mass is 16.5. The van der Waals surface area contributed by atoms with E-state index in [-0.39, 0.29) is 0 Å². The number of ether oxygens (including phenoxy) is 1. The lowest BCUT2D eigenvalue weighted by Gasteiger charge is -2.06. The third-order valence-electron chi connectivity index (χ3n) is 4.49. The van der Waals surface area contributed by atoms with Gasteiger partial charge >= 0.3 is 0 Å². The van der Waals surface area contributed by atoms with Crippen molar-refractivity contribution in [1.29, 1.82) is 0 Å². The number of nitrogens with zero attached hydrogens (tertiary/aromatic N) is 4. The van der Waals surface area contributed by atoms with Crippen LogP contribution in [0.15, 0.2) is 83.2 Å². The van der Waals surface area contributed by atoms with Crippen LogP contribution in [0.25, 0.3) is 16.9 Å². The van der Waals surface area contributed by atoms with E-state index in [1.807, 2.05) is 71.3 Å². The largest absolute Gasteiger partial charge is 0.496 e. The third-order valence-corrected chi connectivity index (χ3v) is 4.49. The molecule has 0 saturated heterocycles. The fourth-order valence-electron chi connectivity index (χ4n) is 3.11. The molecule has 2 aromatic carbocycles. The molecule has 0 atom stereocenters. The lowest BCUT2D eigenvalue weighted by Crippen LogP contribution is -1.88. The van der Waals surface area contributed by atoms with E-state index in [9.17, 15) is 0 Å². The van der Waals surface area contributed by atoms with E-state index in [2.05, 4.69) is 23.2 Å². The van der Waals surface area contributed by atoms with E-state index in [0.29, 0.717) is 5.82 Å². The Morgan fingerprint density at radius 1 is 0.926 bits per heavy atom. The van der Waals surface area contributed by atoms with Crippen LogP contribution in [0, 0.1) is 0 Å². The molecule has 0 saturated carbocycles. The number of para-hydroxylation sites is 1. The molecule has 0 fully saturated rings. The molecule has 2 heterocycles. The standard InChI is InChI=1S/C22H20N4O/c1-3-16-10-4-6-12-18(16)24-25-22-21(17-11-5-7-13-19(17)27-2)23-20-14-8-9-15-26(20)22/h4-15H,3H2,1-2H3. The second-order valence-electron chi connectivity index (χ2n) is 6.10. The van der Waals surface area contributed by atoms with Crippen molar-refractivity contribution in [2.24, 2.45) is 10.2 Å². The number of fused-ring (bicyclic) bond motifs is 1. The minimum Gasteiger partial charge on any atom is -0.496 e. The summed E-state index contributed by atoms with van der Waals surface area (Å²) < 4.78 is 7.47. The predicted molar refractivity (Wildman–Crippen MR) is 107 cm³/mol. The average Bonchev–Trinajstić information content (AvgIpc) is 3.10. The normalized spacial score (nSPS) is 11.3. The van der Waals surface area contributed by atoms with Crippen LogP contribution in [0.2, 0.25) is 0 Å². The first-order valence-corrected chi connectivity index (χ1v) is 8.92. The molecule has 0 spiro atoms. The van der Waals surface area contributed by atoms with E-state index < -0.39 is 0 Å². The Balaban J connectivity index is 1.90. The number of hydrogen-bond donors (Lipinski definition) is 0. The first kappa shape index (κ1) is 17.0. The van der Waals surface area contributed by atoms with Gasteiger partial charge < -0.3 is 4.74 Å². The van der Waals surface area contributed by atoms with E-state index in [1.54, 1.807) is 7.11 Å². The molecule has 4 aromatic rings. The number of aryl methyl sites for hydroxylation is 1. The molecule has 0 bridgehead atoms. The summed E-state index contributed by atoms with van der Waals surface area (Å²) in [6.45, 7) is 2.11. The summed E-state index contributed by atoms with van der Waals surface area (Å²) in [6, 6.07) is 21.7. The zero-order valence-corrected chi connectivity index (χ0v) is 15.3. The zero-order chi connectivity index (χ0) is 18.6. The lowest BCUT2D eigenvalue weighted by molar-refractivity contribution is 0.416. The maximum absolute atomic E-state index is 5.53. The van der Waals surface area contributed by atoms with Gasteiger partial charge in [0.15, 0.2) is 5.82 Å². The minimum atomic E-state index is 0.681. The van der Waals surface area contributed by atoms with E-state index >= 15 is 0 Å². The Morgan fingerprint density at radius 2 is 1.70 bits per heavy atom. The van der Waals surface area contributed by atoms with Crippen molar-refractivity contribution in [3.8, 4) is 17.0 Å². The number of methoxy groups -OCH3 is 1. The van der Waals surface area contributed by atoms with Gasteiger partial charge in [-0.3, -0.25) is 4.40 Å². The van der Waals surface area contributed by atoms with Crippen molar-refractivity contribution in [1.82, 2.24) is 9.38 Å². The van der Waals surface area contributed by atoms with Gasteiger partial charge in [0, 0.05) is 11.8 Å². The van der Waals surface area contributed by atoms with Crippen molar-refractivity contribution in [3.63, 3.8) is 0 Å². The van der Waals surface area contributed by atoms with Crippen LogP contribution >= 0.6 is 0 Å². The Bertz CT molecular complexity index is 1110. The van der Waals surface area contributed by atoms with Gasteiger partial charge in [-0.05, 0) is 42.3 Å².